The lowest BCUT2D eigenvalue weighted by Crippen LogP contribution is -2.68. The fourth-order valence-electron chi connectivity index (χ4n) is 4.45. The van der Waals surface area contributed by atoms with E-state index in [4.69, 9.17) is 11.6 Å². The molecular weight excluding hydrogens is 366 g/mol. The molecule has 0 aliphatic rings. The Morgan fingerprint density at radius 1 is 0.793 bits per heavy atom. The van der Waals surface area contributed by atoms with Crippen LogP contribution in [-0.2, 0) is 9.59 Å². The quantitative estimate of drug-likeness (QED) is 0.127. The first-order chi connectivity index (χ1) is 13.8. The number of carbonyl (C=O) groups is 2. The van der Waals surface area contributed by atoms with Crippen molar-refractivity contribution in [3.63, 3.8) is 0 Å². The topological polar surface area (TPSA) is 110 Å². The fraction of sp³-hybridized carbons (Fsp3) is 0.913. The van der Waals surface area contributed by atoms with E-state index in [1.54, 1.807) is 13.8 Å². The van der Waals surface area contributed by atoms with E-state index in [1.165, 1.54) is 50.0 Å². The Labute approximate surface area is 178 Å². The first-order valence-electron chi connectivity index (χ1n) is 11.9. The Balaban J connectivity index is 4.60. The summed E-state index contributed by atoms with van der Waals surface area (Å²) in [6.07, 6.45) is 13.6. The maximum Gasteiger partial charge on any atom is 0.312 e. The molecule has 0 rings (SSSR count). The number of carbonyl (C=O) groups excluding carboxylic acids is 1. The van der Waals surface area contributed by atoms with E-state index >= 15 is 0 Å². The smallest absolute Gasteiger partial charge is 0.312 e. The summed E-state index contributed by atoms with van der Waals surface area (Å²) < 4.78 is 0. The molecule has 6 heteroatoms. The number of nitrogens with zero attached hydrogens (tertiary/aromatic N) is 1. The largest absolute Gasteiger partial charge is 0.481 e. The van der Waals surface area contributed by atoms with Gasteiger partial charge in [0.2, 0.25) is 0 Å². The number of carboxylic acid groups (broad SMARTS) is 1. The molecule has 0 aliphatic carbocycles. The Bertz CT molecular complexity index is 466. The maximum atomic E-state index is 13.1. The number of hydrogen-bond donors (Lipinski definition) is 3. The number of carboxylic acids is 1. The minimum atomic E-state index is -1.48. The monoisotopic (exact) mass is 413 g/mol. The molecule has 0 fully saturated rings. The first kappa shape index (κ1) is 27.9. The molecule has 29 heavy (non-hydrogen) atoms. The number of rotatable bonds is 18. The number of nitrogens with two attached hydrogens (primary N) is 2. The average molecular weight is 414 g/mol. The summed E-state index contributed by atoms with van der Waals surface area (Å²) >= 11 is 0. The Kier molecular flexibility index (Phi) is 14.2. The Hall–Kier alpha value is -1.14. The minimum absolute atomic E-state index is 0.299. The molecule has 0 radical (unpaired) electrons. The maximum absolute atomic E-state index is 13.1. The van der Waals surface area contributed by atoms with Crippen LogP contribution in [0.15, 0.2) is 0 Å². The molecule has 0 saturated carbocycles. The molecule has 0 aromatic rings. The zero-order valence-electron chi connectivity index (χ0n) is 19.5. The molecule has 0 aromatic carbocycles. The lowest BCUT2D eigenvalue weighted by atomic mass is 9.63. The second-order valence-corrected chi connectivity index (χ2v) is 8.50. The van der Waals surface area contributed by atoms with Gasteiger partial charge in [0.05, 0.1) is 5.41 Å². The zero-order valence-corrected chi connectivity index (χ0v) is 19.5. The zero-order chi connectivity index (χ0) is 22.3. The average Bonchev–Trinajstić information content (AvgIpc) is 2.69. The fourth-order valence-corrected chi connectivity index (χ4v) is 4.45. The standard InChI is InChI=1S/C23H47N3O3/c1-5-9-10-11-12-13-14-15-16-17-19-26(25)20(27)23(24,18-6-2)22(7-3,8-4)21(28)29/h5-19,24-25H2,1-4H3,(H,28,29). The van der Waals surface area contributed by atoms with Crippen molar-refractivity contribution in [1.29, 1.82) is 0 Å². The second kappa shape index (κ2) is 14.8. The van der Waals surface area contributed by atoms with Gasteiger partial charge in [-0.25, -0.2) is 5.84 Å². The molecular formula is C23H47N3O3. The molecule has 0 heterocycles. The van der Waals surface area contributed by atoms with Gasteiger partial charge in [-0.05, 0) is 25.7 Å². The minimum Gasteiger partial charge on any atom is -0.481 e. The first-order valence-corrected chi connectivity index (χ1v) is 11.9. The van der Waals surface area contributed by atoms with Crippen molar-refractivity contribution in [2.75, 3.05) is 6.54 Å². The number of aliphatic carboxylic acids is 1. The highest BCUT2D eigenvalue weighted by molar-refractivity contribution is 5.93. The highest BCUT2D eigenvalue weighted by Gasteiger charge is 2.57. The molecule has 0 spiro atoms. The predicted molar refractivity (Wildman–Crippen MR) is 120 cm³/mol. The Morgan fingerprint density at radius 3 is 1.62 bits per heavy atom. The molecule has 0 aromatic heterocycles. The van der Waals surface area contributed by atoms with E-state index in [-0.39, 0.29) is 0 Å². The van der Waals surface area contributed by atoms with Crippen LogP contribution >= 0.6 is 0 Å². The molecule has 172 valence electrons. The summed E-state index contributed by atoms with van der Waals surface area (Å²) in [5.41, 5.74) is 3.74. The lowest BCUT2D eigenvalue weighted by molar-refractivity contribution is -0.163. The van der Waals surface area contributed by atoms with Crippen molar-refractivity contribution in [2.24, 2.45) is 17.0 Å². The number of unbranched alkanes of at least 4 members (excludes halogenated alkanes) is 9. The van der Waals surface area contributed by atoms with Crippen molar-refractivity contribution in [3.05, 3.63) is 0 Å². The molecule has 0 aliphatic heterocycles. The van der Waals surface area contributed by atoms with Gasteiger partial charge in [0, 0.05) is 6.54 Å². The van der Waals surface area contributed by atoms with Crippen LogP contribution in [-0.4, -0.2) is 34.1 Å². The van der Waals surface area contributed by atoms with E-state index in [2.05, 4.69) is 6.92 Å². The van der Waals surface area contributed by atoms with Gasteiger partial charge in [0.1, 0.15) is 5.54 Å². The van der Waals surface area contributed by atoms with Gasteiger partial charge in [-0.15, -0.1) is 0 Å². The lowest BCUT2D eigenvalue weighted by Gasteiger charge is -2.45. The molecule has 1 atom stereocenters. The summed E-state index contributed by atoms with van der Waals surface area (Å²) in [4.78, 5) is 25.2. The van der Waals surface area contributed by atoms with Crippen molar-refractivity contribution >= 4 is 11.9 Å². The summed E-state index contributed by atoms with van der Waals surface area (Å²) in [5.74, 6) is 4.60. The van der Waals surface area contributed by atoms with Gasteiger partial charge < -0.3 is 10.8 Å². The van der Waals surface area contributed by atoms with Crippen molar-refractivity contribution in [3.8, 4) is 0 Å². The number of amides is 1. The molecule has 5 N–H and O–H groups in total. The molecule has 1 amide bonds. The van der Waals surface area contributed by atoms with Crippen molar-refractivity contribution in [2.45, 2.75) is 123 Å². The van der Waals surface area contributed by atoms with E-state index in [1.807, 2.05) is 6.92 Å². The Morgan fingerprint density at radius 2 is 1.24 bits per heavy atom. The van der Waals surface area contributed by atoms with E-state index in [0.717, 1.165) is 19.3 Å². The summed E-state index contributed by atoms with van der Waals surface area (Å²) in [5, 5.41) is 11.1. The number of hydrogen-bond acceptors (Lipinski definition) is 4. The van der Waals surface area contributed by atoms with Crippen molar-refractivity contribution < 1.29 is 14.7 Å². The van der Waals surface area contributed by atoms with Crippen LogP contribution in [0.1, 0.15) is 118 Å². The van der Waals surface area contributed by atoms with E-state index in [9.17, 15) is 14.7 Å². The molecule has 6 nitrogen and oxygen atoms in total. The van der Waals surface area contributed by atoms with Gasteiger partial charge in [-0.3, -0.25) is 14.6 Å². The van der Waals surface area contributed by atoms with Crippen LogP contribution in [0.5, 0.6) is 0 Å². The van der Waals surface area contributed by atoms with Crippen LogP contribution in [0.2, 0.25) is 0 Å². The molecule has 1 unspecified atom stereocenters. The van der Waals surface area contributed by atoms with Gasteiger partial charge in [0.15, 0.2) is 0 Å². The van der Waals surface area contributed by atoms with Gasteiger partial charge in [-0.2, -0.15) is 0 Å². The molecule has 0 bridgehead atoms. The second-order valence-electron chi connectivity index (χ2n) is 8.50. The predicted octanol–water partition coefficient (Wildman–Crippen LogP) is 5.00. The molecule has 0 saturated heterocycles. The normalized spacial score (nSPS) is 13.9. The van der Waals surface area contributed by atoms with Crippen LogP contribution in [0.3, 0.4) is 0 Å². The highest BCUT2D eigenvalue weighted by Crippen LogP contribution is 2.41. The van der Waals surface area contributed by atoms with E-state index < -0.39 is 22.8 Å². The number of hydrazine groups is 1. The third kappa shape index (κ3) is 7.89. The summed E-state index contributed by atoms with van der Waals surface area (Å²) in [6, 6.07) is 0. The van der Waals surface area contributed by atoms with Crippen LogP contribution in [0, 0.1) is 5.41 Å². The van der Waals surface area contributed by atoms with Crippen LogP contribution in [0.4, 0.5) is 0 Å². The van der Waals surface area contributed by atoms with Crippen LogP contribution < -0.4 is 11.6 Å². The SMILES string of the molecule is CCCCCCCCCCCCN(N)C(=O)C(N)(CCC)C(CC)(CC)C(=O)O. The third-order valence-electron chi connectivity index (χ3n) is 6.51. The summed E-state index contributed by atoms with van der Waals surface area (Å²) in [7, 11) is 0. The summed E-state index contributed by atoms with van der Waals surface area (Å²) in [6.45, 7) is 8.13. The van der Waals surface area contributed by atoms with Gasteiger partial charge in [-0.1, -0.05) is 91.9 Å². The van der Waals surface area contributed by atoms with Crippen molar-refractivity contribution in [1.82, 2.24) is 5.01 Å². The van der Waals surface area contributed by atoms with Gasteiger partial charge >= 0.3 is 5.97 Å². The highest BCUT2D eigenvalue weighted by atomic mass is 16.4. The van der Waals surface area contributed by atoms with Gasteiger partial charge in [0.25, 0.3) is 5.91 Å². The third-order valence-corrected chi connectivity index (χ3v) is 6.51. The van der Waals surface area contributed by atoms with E-state index in [0.29, 0.717) is 32.2 Å². The van der Waals surface area contributed by atoms with Crippen LogP contribution in [0.25, 0.3) is 0 Å².